The van der Waals surface area contributed by atoms with Crippen LogP contribution in [0.15, 0.2) is 22.9 Å². The molecule has 0 spiro atoms. The smallest absolute Gasteiger partial charge is 0.251 e. The summed E-state index contributed by atoms with van der Waals surface area (Å²) in [5.74, 6) is -0.0371. The van der Waals surface area contributed by atoms with Crippen LogP contribution in [0, 0.1) is 0 Å². The van der Waals surface area contributed by atoms with Crippen molar-refractivity contribution in [1.29, 1.82) is 0 Å². The van der Waals surface area contributed by atoms with Crippen LogP contribution in [-0.4, -0.2) is 41.5 Å². The summed E-state index contributed by atoms with van der Waals surface area (Å²) in [4.78, 5) is 18.3. The van der Waals surface area contributed by atoms with Gasteiger partial charge in [-0.3, -0.25) is 9.69 Å². The lowest BCUT2D eigenvalue weighted by Crippen LogP contribution is -2.36. The van der Waals surface area contributed by atoms with Crippen LogP contribution in [-0.2, 0) is 0 Å². The molecule has 1 N–H and O–H groups in total. The minimum absolute atomic E-state index is 0.0371. The highest BCUT2D eigenvalue weighted by Gasteiger charge is 2.27. The highest BCUT2D eigenvalue weighted by atomic mass is 79.9. The van der Waals surface area contributed by atoms with E-state index >= 15 is 0 Å². The van der Waals surface area contributed by atoms with Crippen LogP contribution in [0.4, 0.5) is 0 Å². The molecule has 5 heteroatoms. The fourth-order valence-corrected chi connectivity index (χ4v) is 2.36. The van der Waals surface area contributed by atoms with E-state index in [-0.39, 0.29) is 5.91 Å². The molecule has 0 saturated heterocycles. The van der Waals surface area contributed by atoms with Crippen molar-refractivity contribution < 1.29 is 4.79 Å². The minimum Gasteiger partial charge on any atom is -0.351 e. The normalized spacial score (nSPS) is 14.8. The molecule has 4 nitrogen and oxygen atoms in total. The maximum atomic E-state index is 11.9. The Hall–Kier alpha value is -0.940. The van der Waals surface area contributed by atoms with Gasteiger partial charge in [-0.15, -0.1) is 0 Å². The first-order valence-electron chi connectivity index (χ1n) is 6.34. The van der Waals surface area contributed by atoms with Crippen molar-refractivity contribution in [3.05, 3.63) is 28.5 Å². The second-order valence-electron chi connectivity index (χ2n) is 4.48. The number of carbonyl (C=O) groups is 1. The van der Waals surface area contributed by atoms with Gasteiger partial charge in [-0.2, -0.15) is 0 Å². The number of likely N-dealkylation sites (N-methyl/N-ethyl adjacent to an activating group) is 1. The van der Waals surface area contributed by atoms with Crippen molar-refractivity contribution in [3.63, 3.8) is 0 Å². The molecular weight excluding hydrogens is 294 g/mol. The van der Waals surface area contributed by atoms with Gasteiger partial charge in [-0.05, 0) is 47.4 Å². The SMILES string of the molecule is CCN(CCNC(=O)c1ccnc(Br)c1)C1CC1. The van der Waals surface area contributed by atoms with Crippen LogP contribution in [0.2, 0.25) is 0 Å². The molecule has 0 aliphatic heterocycles. The van der Waals surface area contributed by atoms with Gasteiger partial charge in [0.15, 0.2) is 0 Å². The fourth-order valence-electron chi connectivity index (χ4n) is 2.00. The Balaban J connectivity index is 1.77. The van der Waals surface area contributed by atoms with Gasteiger partial charge in [-0.25, -0.2) is 4.98 Å². The topological polar surface area (TPSA) is 45.2 Å². The third-order valence-electron chi connectivity index (χ3n) is 3.14. The number of amides is 1. The Morgan fingerprint density at radius 3 is 3.00 bits per heavy atom. The van der Waals surface area contributed by atoms with Crippen LogP contribution in [0.25, 0.3) is 0 Å². The zero-order valence-electron chi connectivity index (χ0n) is 10.5. The average molecular weight is 312 g/mol. The zero-order chi connectivity index (χ0) is 13.0. The van der Waals surface area contributed by atoms with E-state index in [0.29, 0.717) is 16.7 Å². The number of carbonyl (C=O) groups excluding carboxylic acids is 1. The van der Waals surface area contributed by atoms with Crippen molar-refractivity contribution in [3.8, 4) is 0 Å². The number of halogens is 1. The summed E-state index contributed by atoms with van der Waals surface area (Å²) >= 11 is 3.26. The molecule has 1 heterocycles. The van der Waals surface area contributed by atoms with Gasteiger partial charge in [0.1, 0.15) is 4.60 Å². The third-order valence-corrected chi connectivity index (χ3v) is 3.58. The Bertz CT molecular complexity index is 420. The lowest BCUT2D eigenvalue weighted by atomic mass is 10.2. The molecular formula is C13H18BrN3O. The van der Waals surface area contributed by atoms with Gasteiger partial charge in [0.2, 0.25) is 0 Å². The molecule has 1 aliphatic rings. The zero-order valence-corrected chi connectivity index (χ0v) is 12.1. The third kappa shape index (κ3) is 3.78. The van der Waals surface area contributed by atoms with Crippen LogP contribution >= 0.6 is 15.9 Å². The molecule has 18 heavy (non-hydrogen) atoms. The molecule has 1 saturated carbocycles. The van der Waals surface area contributed by atoms with Crippen LogP contribution < -0.4 is 5.32 Å². The van der Waals surface area contributed by atoms with Crippen LogP contribution in [0.3, 0.4) is 0 Å². The Morgan fingerprint density at radius 1 is 1.61 bits per heavy atom. The average Bonchev–Trinajstić information content (AvgIpc) is 3.18. The largest absolute Gasteiger partial charge is 0.351 e. The lowest BCUT2D eigenvalue weighted by molar-refractivity contribution is 0.0948. The van der Waals surface area contributed by atoms with Crippen molar-refractivity contribution in [2.24, 2.45) is 0 Å². The van der Waals surface area contributed by atoms with E-state index in [1.165, 1.54) is 12.8 Å². The van der Waals surface area contributed by atoms with E-state index in [1.807, 2.05) is 0 Å². The molecule has 1 fully saturated rings. The van der Waals surface area contributed by atoms with E-state index in [4.69, 9.17) is 0 Å². The van der Waals surface area contributed by atoms with E-state index in [2.05, 4.69) is 38.1 Å². The summed E-state index contributed by atoms with van der Waals surface area (Å²) in [6.45, 7) is 4.85. The molecule has 0 unspecified atom stereocenters. The molecule has 0 bridgehead atoms. The Labute approximate surface area is 116 Å². The van der Waals surface area contributed by atoms with Gasteiger partial charge in [0.25, 0.3) is 5.91 Å². The number of nitrogens with one attached hydrogen (secondary N) is 1. The quantitative estimate of drug-likeness (QED) is 0.818. The number of hydrogen-bond acceptors (Lipinski definition) is 3. The highest BCUT2D eigenvalue weighted by Crippen LogP contribution is 2.25. The summed E-state index contributed by atoms with van der Waals surface area (Å²) in [5, 5.41) is 2.94. The van der Waals surface area contributed by atoms with E-state index in [9.17, 15) is 4.79 Å². The molecule has 0 atom stereocenters. The van der Waals surface area contributed by atoms with Crippen LogP contribution in [0.5, 0.6) is 0 Å². The van der Waals surface area contributed by atoms with E-state index < -0.39 is 0 Å². The second kappa shape index (κ2) is 6.29. The molecule has 2 rings (SSSR count). The number of rotatable bonds is 6. The van der Waals surface area contributed by atoms with Gasteiger partial charge < -0.3 is 5.32 Å². The first-order valence-corrected chi connectivity index (χ1v) is 7.14. The van der Waals surface area contributed by atoms with E-state index in [0.717, 1.165) is 19.1 Å². The Kier molecular flexibility index (Phi) is 4.72. The molecule has 98 valence electrons. The van der Waals surface area contributed by atoms with Crippen LogP contribution in [0.1, 0.15) is 30.1 Å². The molecule has 1 aromatic rings. The first kappa shape index (κ1) is 13.5. The summed E-state index contributed by atoms with van der Waals surface area (Å²) < 4.78 is 0.684. The number of aromatic nitrogens is 1. The number of nitrogens with zero attached hydrogens (tertiary/aromatic N) is 2. The van der Waals surface area contributed by atoms with Gasteiger partial charge in [0.05, 0.1) is 0 Å². The molecule has 1 amide bonds. The number of hydrogen-bond donors (Lipinski definition) is 1. The fraction of sp³-hybridized carbons (Fsp3) is 0.538. The maximum absolute atomic E-state index is 11.9. The lowest BCUT2D eigenvalue weighted by Gasteiger charge is -2.19. The first-order chi connectivity index (χ1) is 8.70. The van der Waals surface area contributed by atoms with Gasteiger partial charge in [0, 0.05) is 30.9 Å². The summed E-state index contributed by atoms with van der Waals surface area (Å²) in [7, 11) is 0. The molecule has 1 aliphatic carbocycles. The molecule has 1 aromatic heterocycles. The molecule has 0 radical (unpaired) electrons. The van der Waals surface area contributed by atoms with Crippen molar-refractivity contribution in [1.82, 2.24) is 15.2 Å². The van der Waals surface area contributed by atoms with Gasteiger partial charge in [-0.1, -0.05) is 6.92 Å². The summed E-state index contributed by atoms with van der Waals surface area (Å²) in [5.41, 5.74) is 0.645. The molecule has 0 aromatic carbocycles. The maximum Gasteiger partial charge on any atom is 0.251 e. The van der Waals surface area contributed by atoms with Crippen molar-refractivity contribution in [2.75, 3.05) is 19.6 Å². The minimum atomic E-state index is -0.0371. The monoisotopic (exact) mass is 311 g/mol. The highest BCUT2D eigenvalue weighted by molar-refractivity contribution is 9.10. The van der Waals surface area contributed by atoms with Gasteiger partial charge >= 0.3 is 0 Å². The van der Waals surface area contributed by atoms with Crippen molar-refractivity contribution >= 4 is 21.8 Å². The van der Waals surface area contributed by atoms with Crippen molar-refractivity contribution in [2.45, 2.75) is 25.8 Å². The number of pyridine rings is 1. The standard InChI is InChI=1S/C13H18BrN3O/c1-2-17(11-3-4-11)8-7-16-13(18)10-5-6-15-12(14)9-10/h5-6,9,11H,2-4,7-8H2,1H3,(H,16,18). The summed E-state index contributed by atoms with van der Waals surface area (Å²) in [6, 6.07) is 4.20. The summed E-state index contributed by atoms with van der Waals surface area (Å²) in [6.07, 6.45) is 4.24. The second-order valence-corrected chi connectivity index (χ2v) is 5.30. The Morgan fingerprint density at radius 2 is 2.39 bits per heavy atom. The predicted octanol–water partition coefficient (Wildman–Crippen LogP) is 2.06. The van der Waals surface area contributed by atoms with E-state index in [1.54, 1.807) is 18.3 Å². The predicted molar refractivity (Wildman–Crippen MR) is 74.5 cm³/mol.